The SMILES string of the molecule is CCOP(=O)(O)Cc1ccc(Sc2ccc(C(=O)OC)cc2)cc1. The fourth-order valence-corrected chi connectivity index (χ4v) is 4.04. The number of esters is 1. The van der Waals surface area contributed by atoms with Gasteiger partial charge in [-0.25, -0.2) is 4.79 Å². The van der Waals surface area contributed by atoms with Gasteiger partial charge >= 0.3 is 13.6 Å². The third kappa shape index (κ3) is 5.49. The van der Waals surface area contributed by atoms with Gasteiger partial charge in [-0.05, 0) is 48.9 Å². The van der Waals surface area contributed by atoms with E-state index in [1.165, 1.54) is 18.9 Å². The number of carbonyl (C=O) groups excluding carboxylic acids is 1. The molecule has 2 rings (SSSR count). The molecule has 0 aliphatic carbocycles. The summed E-state index contributed by atoms with van der Waals surface area (Å²) in [5.74, 6) is -0.362. The molecule has 0 fully saturated rings. The van der Waals surface area contributed by atoms with Gasteiger partial charge in [-0.2, -0.15) is 0 Å². The summed E-state index contributed by atoms with van der Waals surface area (Å²) in [6.45, 7) is 1.90. The van der Waals surface area contributed by atoms with Crippen molar-refractivity contribution in [1.29, 1.82) is 0 Å². The van der Waals surface area contributed by atoms with Crippen LogP contribution >= 0.6 is 19.4 Å². The summed E-state index contributed by atoms with van der Waals surface area (Å²) in [7, 11) is -2.21. The van der Waals surface area contributed by atoms with Crippen LogP contribution < -0.4 is 0 Å². The number of hydrogen-bond donors (Lipinski definition) is 1. The Morgan fingerprint density at radius 2 is 1.62 bits per heavy atom. The van der Waals surface area contributed by atoms with Gasteiger partial charge in [0.2, 0.25) is 0 Å². The quantitative estimate of drug-likeness (QED) is 0.580. The molecule has 0 saturated heterocycles. The average molecular weight is 366 g/mol. The normalized spacial score (nSPS) is 13.3. The van der Waals surface area contributed by atoms with Gasteiger partial charge in [0.1, 0.15) is 0 Å². The van der Waals surface area contributed by atoms with Crippen molar-refractivity contribution in [3.8, 4) is 0 Å². The molecule has 2 aromatic carbocycles. The van der Waals surface area contributed by atoms with Crippen molar-refractivity contribution >= 4 is 25.3 Å². The number of benzene rings is 2. The van der Waals surface area contributed by atoms with Gasteiger partial charge in [-0.1, -0.05) is 23.9 Å². The summed E-state index contributed by atoms with van der Waals surface area (Å²) in [5.41, 5.74) is 1.26. The van der Waals surface area contributed by atoms with Crippen LogP contribution in [0.4, 0.5) is 0 Å². The van der Waals surface area contributed by atoms with E-state index in [4.69, 9.17) is 4.52 Å². The molecule has 1 unspecified atom stereocenters. The zero-order chi connectivity index (χ0) is 17.6. The first-order chi connectivity index (χ1) is 11.4. The maximum atomic E-state index is 11.8. The molecular formula is C17H19O5PS. The lowest BCUT2D eigenvalue weighted by Gasteiger charge is -2.11. The van der Waals surface area contributed by atoms with Crippen LogP contribution in [0.5, 0.6) is 0 Å². The molecule has 0 heterocycles. The van der Waals surface area contributed by atoms with Crippen LogP contribution in [0, 0.1) is 0 Å². The Balaban J connectivity index is 2.01. The Labute approximate surface area is 145 Å². The molecule has 0 aliphatic rings. The second-order valence-electron chi connectivity index (χ2n) is 4.98. The maximum Gasteiger partial charge on any atom is 0.337 e. The van der Waals surface area contributed by atoms with E-state index in [0.717, 1.165) is 15.4 Å². The van der Waals surface area contributed by atoms with E-state index >= 15 is 0 Å². The third-order valence-electron chi connectivity index (χ3n) is 3.15. The molecule has 0 saturated carbocycles. The molecule has 1 N–H and O–H groups in total. The fourth-order valence-electron chi connectivity index (χ4n) is 2.05. The Morgan fingerprint density at radius 1 is 1.08 bits per heavy atom. The molecule has 2 aromatic rings. The number of hydrogen-bond acceptors (Lipinski definition) is 5. The monoisotopic (exact) mass is 366 g/mol. The zero-order valence-electron chi connectivity index (χ0n) is 13.5. The largest absolute Gasteiger partial charge is 0.465 e. The predicted molar refractivity (Wildman–Crippen MR) is 93.5 cm³/mol. The average Bonchev–Trinajstić information content (AvgIpc) is 2.56. The van der Waals surface area contributed by atoms with Crippen LogP contribution in [-0.4, -0.2) is 24.6 Å². The lowest BCUT2D eigenvalue weighted by atomic mass is 10.2. The molecule has 7 heteroatoms. The number of methoxy groups -OCH3 is 1. The molecule has 5 nitrogen and oxygen atoms in total. The Morgan fingerprint density at radius 3 is 2.12 bits per heavy atom. The van der Waals surface area contributed by atoms with E-state index in [9.17, 15) is 14.3 Å². The molecule has 0 aliphatic heterocycles. The van der Waals surface area contributed by atoms with Crippen LogP contribution in [0.25, 0.3) is 0 Å². The summed E-state index contributed by atoms with van der Waals surface area (Å²) in [6, 6.07) is 14.5. The molecule has 24 heavy (non-hydrogen) atoms. The highest BCUT2D eigenvalue weighted by Gasteiger charge is 2.18. The van der Waals surface area contributed by atoms with Crippen LogP contribution in [-0.2, 0) is 20.0 Å². The minimum atomic E-state index is -3.56. The molecular weight excluding hydrogens is 347 g/mol. The number of ether oxygens (including phenoxy) is 1. The Bertz CT molecular complexity index is 728. The first-order valence-electron chi connectivity index (χ1n) is 7.35. The Kier molecular flexibility index (Phi) is 6.63. The van der Waals surface area contributed by atoms with Crippen molar-refractivity contribution in [1.82, 2.24) is 0 Å². The molecule has 0 spiro atoms. The van der Waals surface area contributed by atoms with Gasteiger partial charge in [-0.15, -0.1) is 0 Å². The van der Waals surface area contributed by atoms with E-state index in [-0.39, 0.29) is 18.7 Å². The van der Waals surface area contributed by atoms with E-state index in [2.05, 4.69) is 4.74 Å². The van der Waals surface area contributed by atoms with Crippen LogP contribution in [0.1, 0.15) is 22.8 Å². The van der Waals surface area contributed by atoms with Gasteiger partial charge in [0.15, 0.2) is 0 Å². The van der Waals surface area contributed by atoms with E-state index < -0.39 is 7.60 Å². The molecule has 0 bridgehead atoms. The van der Waals surface area contributed by atoms with Gasteiger partial charge in [0, 0.05) is 9.79 Å². The van der Waals surface area contributed by atoms with Gasteiger partial charge in [0.25, 0.3) is 0 Å². The van der Waals surface area contributed by atoms with Crippen LogP contribution in [0.3, 0.4) is 0 Å². The van der Waals surface area contributed by atoms with Crippen LogP contribution in [0.15, 0.2) is 58.3 Å². The second-order valence-corrected chi connectivity index (χ2v) is 7.97. The smallest absolute Gasteiger partial charge is 0.337 e. The maximum absolute atomic E-state index is 11.8. The summed E-state index contributed by atoms with van der Waals surface area (Å²) < 4.78 is 21.3. The van der Waals surface area contributed by atoms with Crippen molar-refractivity contribution in [3.63, 3.8) is 0 Å². The minimum Gasteiger partial charge on any atom is -0.465 e. The number of rotatable bonds is 7. The van der Waals surface area contributed by atoms with Crippen molar-refractivity contribution < 1.29 is 23.5 Å². The van der Waals surface area contributed by atoms with Gasteiger partial charge in [0.05, 0.1) is 25.4 Å². The second kappa shape index (κ2) is 8.49. The molecule has 0 radical (unpaired) electrons. The predicted octanol–water partition coefficient (Wildman–Crippen LogP) is 4.35. The first kappa shape index (κ1) is 18.7. The molecule has 0 aromatic heterocycles. The van der Waals surface area contributed by atoms with Crippen molar-refractivity contribution in [3.05, 3.63) is 59.7 Å². The van der Waals surface area contributed by atoms with E-state index in [0.29, 0.717) is 5.56 Å². The topological polar surface area (TPSA) is 72.8 Å². The molecule has 128 valence electrons. The van der Waals surface area contributed by atoms with Gasteiger partial charge in [-0.3, -0.25) is 4.57 Å². The minimum absolute atomic E-state index is 0.000384. The molecule has 0 amide bonds. The van der Waals surface area contributed by atoms with Crippen molar-refractivity contribution in [2.75, 3.05) is 13.7 Å². The highest BCUT2D eigenvalue weighted by molar-refractivity contribution is 7.99. The first-order valence-corrected chi connectivity index (χ1v) is 9.93. The third-order valence-corrected chi connectivity index (χ3v) is 5.59. The summed E-state index contributed by atoms with van der Waals surface area (Å²) in [5, 5.41) is 0. The van der Waals surface area contributed by atoms with Crippen LogP contribution in [0.2, 0.25) is 0 Å². The van der Waals surface area contributed by atoms with E-state index in [1.807, 2.05) is 36.4 Å². The Hall–Kier alpha value is -1.59. The summed E-state index contributed by atoms with van der Waals surface area (Å²) in [4.78, 5) is 23.0. The lowest BCUT2D eigenvalue weighted by molar-refractivity contribution is 0.0600. The zero-order valence-corrected chi connectivity index (χ0v) is 15.2. The summed E-state index contributed by atoms with van der Waals surface area (Å²) >= 11 is 1.54. The number of carbonyl (C=O) groups is 1. The van der Waals surface area contributed by atoms with E-state index in [1.54, 1.807) is 19.1 Å². The fraction of sp³-hybridized carbons (Fsp3) is 0.235. The highest BCUT2D eigenvalue weighted by atomic mass is 32.2. The van der Waals surface area contributed by atoms with Crippen molar-refractivity contribution in [2.45, 2.75) is 22.9 Å². The lowest BCUT2D eigenvalue weighted by Crippen LogP contribution is -2.00. The molecule has 1 atom stereocenters. The van der Waals surface area contributed by atoms with Gasteiger partial charge < -0.3 is 14.2 Å². The highest BCUT2D eigenvalue weighted by Crippen LogP contribution is 2.45. The van der Waals surface area contributed by atoms with Crippen molar-refractivity contribution in [2.24, 2.45) is 0 Å². The standard InChI is InChI=1S/C17H19O5PS/c1-3-22-23(19,20)12-13-4-8-15(9-5-13)24-16-10-6-14(7-11-16)17(18)21-2/h4-11H,3,12H2,1-2H3,(H,19,20). The summed E-state index contributed by atoms with van der Waals surface area (Å²) in [6.07, 6.45) is -0.000384.